The molecule has 6 aliphatic rings. The average Bonchev–Trinajstić information content (AvgIpc) is 3.23. The molecule has 168 valence electrons. The van der Waals surface area contributed by atoms with Gasteiger partial charge < -0.3 is 9.47 Å². The fourth-order valence-electron chi connectivity index (χ4n) is 7.47. The topological polar surface area (TPSA) is 52.6 Å². The first-order valence-electron chi connectivity index (χ1n) is 12.4. The Morgan fingerprint density at radius 3 is 2.45 bits per heavy atom. The van der Waals surface area contributed by atoms with Gasteiger partial charge in [-0.15, -0.1) is 0 Å². The second kappa shape index (κ2) is 6.99. The number of carbonyl (C=O) groups excluding carboxylic acids is 2. The molecular formula is C27H36O4. The molecule has 2 heterocycles. The third-order valence-electron chi connectivity index (χ3n) is 8.85. The zero-order valence-electron chi connectivity index (χ0n) is 19.6. The van der Waals surface area contributed by atoms with Gasteiger partial charge in [0.15, 0.2) is 17.4 Å². The Hall–Kier alpha value is -1.52. The minimum Gasteiger partial charge on any atom is -0.344 e. The maximum atomic E-state index is 13.0. The second-order valence-electron chi connectivity index (χ2n) is 10.7. The molecule has 1 saturated carbocycles. The minimum absolute atomic E-state index is 0.0117. The molecule has 2 bridgehead atoms. The molecular weight excluding hydrogens is 388 g/mol. The number of carbonyl (C=O) groups is 2. The van der Waals surface area contributed by atoms with Gasteiger partial charge in [0.1, 0.15) is 5.60 Å². The number of rotatable bonds is 0. The molecule has 4 aliphatic carbocycles. The predicted octanol–water partition coefficient (Wildman–Crippen LogP) is 5.47. The number of fused-ring (bicyclic) bond motifs is 3. The molecule has 0 amide bonds. The summed E-state index contributed by atoms with van der Waals surface area (Å²) in [5.74, 6) is 0.976. The van der Waals surface area contributed by atoms with E-state index in [1.165, 1.54) is 5.57 Å². The fraction of sp³-hybridized carbons (Fsp3) is 0.704. The lowest BCUT2D eigenvalue weighted by atomic mass is 9.60. The first-order valence-corrected chi connectivity index (χ1v) is 12.4. The van der Waals surface area contributed by atoms with Gasteiger partial charge in [0, 0.05) is 30.3 Å². The summed E-state index contributed by atoms with van der Waals surface area (Å²) in [6.45, 7) is 10.6. The van der Waals surface area contributed by atoms with Crippen LogP contribution in [-0.4, -0.2) is 28.6 Å². The molecule has 0 radical (unpaired) electrons. The maximum absolute atomic E-state index is 13.0. The Morgan fingerprint density at radius 1 is 0.968 bits per heavy atom. The summed E-state index contributed by atoms with van der Waals surface area (Å²) in [6, 6.07) is 0. The van der Waals surface area contributed by atoms with Crippen molar-refractivity contribution in [3.05, 3.63) is 34.9 Å². The van der Waals surface area contributed by atoms with Crippen LogP contribution in [0.25, 0.3) is 0 Å². The molecule has 6 rings (SSSR count). The lowest BCUT2D eigenvalue weighted by Gasteiger charge is -2.56. The lowest BCUT2D eigenvalue weighted by Crippen LogP contribution is -2.60. The summed E-state index contributed by atoms with van der Waals surface area (Å²) in [5.41, 5.74) is 2.49. The number of hydrogen-bond donors (Lipinski definition) is 0. The smallest absolute Gasteiger partial charge is 0.182 e. The van der Waals surface area contributed by atoms with Crippen molar-refractivity contribution in [3.63, 3.8) is 0 Å². The summed E-state index contributed by atoms with van der Waals surface area (Å²) in [6.07, 6.45) is 12.1. The van der Waals surface area contributed by atoms with Crippen LogP contribution in [0.15, 0.2) is 34.9 Å². The molecule has 3 fully saturated rings. The summed E-state index contributed by atoms with van der Waals surface area (Å²) >= 11 is 0. The maximum Gasteiger partial charge on any atom is 0.182 e. The van der Waals surface area contributed by atoms with Crippen molar-refractivity contribution < 1.29 is 19.1 Å². The third kappa shape index (κ3) is 2.87. The molecule has 6 atom stereocenters. The monoisotopic (exact) mass is 424 g/mol. The molecule has 2 saturated heterocycles. The van der Waals surface area contributed by atoms with Gasteiger partial charge in [0.2, 0.25) is 0 Å². The van der Waals surface area contributed by atoms with Gasteiger partial charge in [0.25, 0.3) is 0 Å². The molecule has 1 spiro atoms. The molecule has 4 heteroatoms. The first-order chi connectivity index (χ1) is 14.7. The summed E-state index contributed by atoms with van der Waals surface area (Å²) in [7, 11) is 0. The van der Waals surface area contributed by atoms with Gasteiger partial charge in [-0.25, -0.2) is 0 Å². The van der Waals surface area contributed by atoms with Crippen LogP contribution in [0.3, 0.4) is 0 Å². The van der Waals surface area contributed by atoms with E-state index in [4.69, 9.17) is 9.47 Å². The number of allylic oxidation sites excluding steroid dienone is 4. The Labute approximate surface area is 186 Å². The van der Waals surface area contributed by atoms with Crippen molar-refractivity contribution in [1.29, 1.82) is 0 Å². The second-order valence-corrected chi connectivity index (χ2v) is 10.7. The van der Waals surface area contributed by atoms with Crippen LogP contribution >= 0.6 is 0 Å². The van der Waals surface area contributed by atoms with Crippen LogP contribution in [0, 0.1) is 23.7 Å². The van der Waals surface area contributed by atoms with Crippen molar-refractivity contribution >= 4 is 11.6 Å². The highest BCUT2D eigenvalue weighted by atomic mass is 16.7. The highest BCUT2D eigenvalue weighted by molar-refractivity contribution is 6.12. The van der Waals surface area contributed by atoms with Crippen LogP contribution in [0.1, 0.15) is 79.6 Å². The Morgan fingerprint density at radius 2 is 1.74 bits per heavy atom. The zero-order valence-corrected chi connectivity index (χ0v) is 19.6. The number of ketones is 2. The van der Waals surface area contributed by atoms with Crippen molar-refractivity contribution in [3.8, 4) is 0 Å². The predicted molar refractivity (Wildman–Crippen MR) is 119 cm³/mol. The van der Waals surface area contributed by atoms with E-state index in [1.54, 1.807) is 6.08 Å². The highest BCUT2D eigenvalue weighted by Crippen LogP contribution is 2.66. The number of ether oxygens (including phenoxy) is 2. The quantitative estimate of drug-likeness (QED) is 0.517. The van der Waals surface area contributed by atoms with Crippen LogP contribution in [-0.2, 0) is 19.1 Å². The van der Waals surface area contributed by atoms with Crippen molar-refractivity contribution in [2.45, 2.75) is 96.6 Å². The van der Waals surface area contributed by atoms with E-state index >= 15 is 0 Å². The highest BCUT2D eigenvalue weighted by Gasteiger charge is 2.68. The SMILES string of the molecule is CC.CC1C2CC[C@]3(OC14CCC(C)(C)O4)C1=CC(=O)C4=CC(=O)CCC4C1=CCC23. The lowest BCUT2D eigenvalue weighted by molar-refractivity contribution is -0.340. The minimum atomic E-state index is -0.536. The largest absolute Gasteiger partial charge is 0.344 e. The van der Waals surface area contributed by atoms with Gasteiger partial charge in [-0.1, -0.05) is 26.8 Å². The van der Waals surface area contributed by atoms with E-state index in [0.29, 0.717) is 29.7 Å². The summed E-state index contributed by atoms with van der Waals surface area (Å²) in [4.78, 5) is 25.0. The first kappa shape index (κ1) is 21.3. The van der Waals surface area contributed by atoms with Crippen LogP contribution in [0.2, 0.25) is 0 Å². The zero-order chi connectivity index (χ0) is 22.2. The van der Waals surface area contributed by atoms with Gasteiger partial charge in [0.05, 0.1) is 5.60 Å². The Bertz CT molecular complexity index is 922. The van der Waals surface area contributed by atoms with Crippen molar-refractivity contribution in [1.82, 2.24) is 0 Å². The van der Waals surface area contributed by atoms with Crippen LogP contribution < -0.4 is 0 Å². The normalized spacial score (nSPS) is 44.4. The molecule has 0 aromatic heterocycles. The van der Waals surface area contributed by atoms with E-state index in [9.17, 15) is 9.59 Å². The van der Waals surface area contributed by atoms with E-state index in [-0.39, 0.29) is 23.1 Å². The van der Waals surface area contributed by atoms with Gasteiger partial charge in [-0.2, -0.15) is 0 Å². The van der Waals surface area contributed by atoms with Crippen LogP contribution in [0.4, 0.5) is 0 Å². The average molecular weight is 425 g/mol. The van der Waals surface area contributed by atoms with Crippen molar-refractivity contribution in [2.24, 2.45) is 23.7 Å². The molecule has 2 aliphatic heterocycles. The van der Waals surface area contributed by atoms with Gasteiger partial charge >= 0.3 is 0 Å². The summed E-state index contributed by atoms with van der Waals surface area (Å²) in [5, 5.41) is 0. The molecule has 0 aromatic carbocycles. The molecule has 0 N–H and O–H groups in total. The third-order valence-corrected chi connectivity index (χ3v) is 8.85. The standard InChI is InChI=1S/C25H30O4.C2H6/c1-14-16-8-9-24(29-25(14)11-10-23(2,3)28-25)20(16)7-6-18-17-5-4-15(26)12-19(17)22(27)13-21(18)24;1-2/h6,12-14,16-17,20H,4-5,7-11H2,1-3H3;1-2H3/t14?,16?,17?,20?,24-,25?;/m1./s1. The Kier molecular flexibility index (Phi) is 4.81. The number of hydrogen-bond acceptors (Lipinski definition) is 4. The molecule has 31 heavy (non-hydrogen) atoms. The summed E-state index contributed by atoms with van der Waals surface area (Å²) < 4.78 is 13.7. The van der Waals surface area contributed by atoms with E-state index in [2.05, 4.69) is 26.8 Å². The van der Waals surface area contributed by atoms with Crippen molar-refractivity contribution in [2.75, 3.05) is 0 Å². The molecule has 0 aromatic rings. The van der Waals surface area contributed by atoms with Gasteiger partial charge in [-0.05, 0) is 81.1 Å². The molecule has 4 nitrogen and oxygen atoms in total. The van der Waals surface area contributed by atoms with E-state index < -0.39 is 11.4 Å². The van der Waals surface area contributed by atoms with E-state index in [1.807, 2.05) is 19.9 Å². The molecule has 5 unspecified atom stereocenters. The van der Waals surface area contributed by atoms with Crippen LogP contribution in [0.5, 0.6) is 0 Å². The van der Waals surface area contributed by atoms with Gasteiger partial charge in [-0.3, -0.25) is 9.59 Å². The van der Waals surface area contributed by atoms with E-state index in [0.717, 1.165) is 44.1 Å². The Balaban J connectivity index is 0.000000994. The fourth-order valence-corrected chi connectivity index (χ4v) is 7.47.